The lowest BCUT2D eigenvalue weighted by atomic mass is 10.1. The predicted molar refractivity (Wildman–Crippen MR) is 104 cm³/mol. The highest BCUT2D eigenvalue weighted by Gasteiger charge is 2.19. The normalized spacial score (nSPS) is 10.5. The van der Waals surface area contributed by atoms with Crippen molar-refractivity contribution in [2.75, 3.05) is 6.54 Å². The molecule has 5 nitrogen and oxygen atoms in total. The summed E-state index contributed by atoms with van der Waals surface area (Å²) in [5.74, 6) is 0.764. The SMILES string of the molecule is C=CCN(Cc1nc(-c2ccc(C)cc2)no1)C(=O)c1cccc(Br)c1. The third-order valence-electron chi connectivity index (χ3n) is 3.81. The molecule has 3 aromatic rings. The number of carbonyl (C=O) groups is 1. The summed E-state index contributed by atoms with van der Waals surface area (Å²) < 4.78 is 6.19. The van der Waals surface area contributed by atoms with Crippen molar-refractivity contribution in [1.82, 2.24) is 15.0 Å². The number of rotatable bonds is 6. The largest absolute Gasteiger partial charge is 0.337 e. The molecule has 0 fully saturated rings. The van der Waals surface area contributed by atoms with Gasteiger partial charge in [-0.3, -0.25) is 4.79 Å². The van der Waals surface area contributed by atoms with Crippen LogP contribution in [0, 0.1) is 6.92 Å². The topological polar surface area (TPSA) is 59.2 Å². The van der Waals surface area contributed by atoms with E-state index in [1.807, 2.05) is 43.3 Å². The minimum absolute atomic E-state index is 0.124. The number of nitrogens with zero attached hydrogens (tertiary/aromatic N) is 3. The maximum absolute atomic E-state index is 12.8. The number of hydrogen-bond donors (Lipinski definition) is 0. The van der Waals surface area contributed by atoms with Gasteiger partial charge in [-0.25, -0.2) is 0 Å². The van der Waals surface area contributed by atoms with Crippen LogP contribution in [0.15, 0.2) is 70.2 Å². The molecule has 0 unspecified atom stereocenters. The Morgan fingerprint density at radius 3 is 2.73 bits per heavy atom. The molecule has 0 radical (unpaired) electrons. The Bertz CT molecular complexity index is 919. The lowest BCUT2D eigenvalue weighted by Gasteiger charge is -2.19. The van der Waals surface area contributed by atoms with Crippen LogP contribution in [0.4, 0.5) is 0 Å². The number of hydrogen-bond acceptors (Lipinski definition) is 4. The summed E-state index contributed by atoms with van der Waals surface area (Å²) in [4.78, 5) is 18.8. The van der Waals surface area contributed by atoms with Crippen LogP contribution >= 0.6 is 15.9 Å². The molecule has 1 aromatic heterocycles. The molecular formula is C20H18BrN3O2. The van der Waals surface area contributed by atoms with Gasteiger partial charge in [0.25, 0.3) is 5.91 Å². The van der Waals surface area contributed by atoms with Crippen LogP contribution in [-0.4, -0.2) is 27.5 Å². The van der Waals surface area contributed by atoms with Gasteiger partial charge < -0.3 is 9.42 Å². The first-order valence-electron chi connectivity index (χ1n) is 8.12. The third kappa shape index (κ3) is 4.26. The molecule has 1 amide bonds. The maximum Gasteiger partial charge on any atom is 0.254 e. The number of carbonyl (C=O) groups excluding carboxylic acids is 1. The van der Waals surface area contributed by atoms with Crippen molar-refractivity contribution in [1.29, 1.82) is 0 Å². The van der Waals surface area contributed by atoms with Crippen molar-refractivity contribution < 1.29 is 9.32 Å². The van der Waals surface area contributed by atoms with Crippen LogP contribution in [0.2, 0.25) is 0 Å². The highest BCUT2D eigenvalue weighted by molar-refractivity contribution is 9.10. The Morgan fingerprint density at radius 2 is 2.04 bits per heavy atom. The average Bonchev–Trinajstić information content (AvgIpc) is 3.10. The van der Waals surface area contributed by atoms with Crippen molar-refractivity contribution in [3.8, 4) is 11.4 Å². The molecule has 0 saturated carbocycles. The van der Waals surface area contributed by atoms with Gasteiger partial charge >= 0.3 is 0 Å². The number of aromatic nitrogens is 2. The van der Waals surface area contributed by atoms with Crippen molar-refractivity contribution in [3.63, 3.8) is 0 Å². The maximum atomic E-state index is 12.8. The Labute approximate surface area is 160 Å². The molecule has 0 bridgehead atoms. The molecule has 1 heterocycles. The molecule has 26 heavy (non-hydrogen) atoms. The van der Waals surface area contributed by atoms with Crippen molar-refractivity contribution in [2.45, 2.75) is 13.5 Å². The van der Waals surface area contributed by atoms with E-state index in [-0.39, 0.29) is 12.5 Å². The smallest absolute Gasteiger partial charge is 0.254 e. The van der Waals surface area contributed by atoms with Crippen molar-refractivity contribution >= 4 is 21.8 Å². The quantitative estimate of drug-likeness (QED) is 0.554. The molecular weight excluding hydrogens is 394 g/mol. The van der Waals surface area contributed by atoms with E-state index in [9.17, 15) is 4.79 Å². The van der Waals surface area contributed by atoms with E-state index in [4.69, 9.17) is 4.52 Å². The van der Waals surface area contributed by atoms with Crippen LogP contribution in [-0.2, 0) is 6.54 Å². The lowest BCUT2D eigenvalue weighted by molar-refractivity contribution is 0.0745. The zero-order chi connectivity index (χ0) is 18.5. The minimum Gasteiger partial charge on any atom is -0.337 e. The highest BCUT2D eigenvalue weighted by Crippen LogP contribution is 2.18. The monoisotopic (exact) mass is 411 g/mol. The van der Waals surface area contributed by atoms with Gasteiger partial charge in [0.05, 0.1) is 0 Å². The zero-order valence-electron chi connectivity index (χ0n) is 14.4. The van der Waals surface area contributed by atoms with Gasteiger partial charge in [-0.05, 0) is 25.1 Å². The summed E-state index contributed by atoms with van der Waals surface area (Å²) in [7, 11) is 0. The first kappa shape index (κ1) is 18.1. The van der Waals surface area contributed by atoms with Crippen LogP contribution in [0.25, 0.3) is 11.4 Å². The molecule has 6 heteroatoms. The summed E-state index contributed by atoms with van der Waals surface area (Å²) in [6.45, 7) is 6.35. The second kappa shape index (κ2) is 8.10. The Hall–Kier alpha value is -2.73. The summed E-state index contributed by atoms with van der Waals surface area (Å²) in [6, 6.07) is 15.1. The fourth-order valence-electron chi connectivity index (χ4n) is 2.48. The standard InChI is InChI=1S/C20H18BrN3O2/c1-3-11-24(20(25)16-5-4-6-17(21)12-16)13-18-22-19(23-26-18)15-9-7-14(2)8-10-15/h3-10,12H,1,11,13H2,2H3. The first-order chi connectivity index (χ1) is 12.6. The molecule has 132 valence electrons. The van der Waals surface area contributed by atoms with E-state index in [0.29, 0.717) is 23.8 Å². The van der Waals surface area contributed by atoms with E-state index in [1.165, 1.54) is 0 Å². The molecule has 0 aliphatic heterocycles. The highest BCUT2D eigenvalue weighted by atomic mass is 79.9. The van der Waals surface area contributed by atoms with E-state index in [1.54, 1.807) is 23.1 Å². The van der Waals surface area contributed by atoms with Crippen LogP contribution in [0.1, 0.15) is 21.8 Å². The van der Waals surface area contributed by atoms with Gasteiger partial charge in [0.1, 0.15) is 6.54 Å². The van der Waals surface area contributed by atoms with Gasteiger partial charge in [0.2, 0.25) is 11.7 Å². The van der Waals surface area contributed by atoms with Gasteiger partial charge in [0, 0.05) is 22.1 Å². The van der Waals surface area contributed by atoms with Gasteiger partial charge in [0.15, 0.2) is 0 Å². The van der Waals surface area contributed by atoms with Crippen LogP contribution in [0.3, 0.4) is 0 Å². The van der Waals surface area contributed by atoms with Crippen molar-refractivity contribution in [3.05, 3.63) is 82.7 Å². The van der Waals surface area contributed by atoms with E-state index >= 15 is 0 Å². The second-order valence-electron chi connectivity index (χ2n) is 5.86. The van der Waals surface area contributed by atoms with E-state index < -0.39 is 0 Å². The fourth-order valence-corrected chi connectivity index (χ4v) is 2.88. The average molecular weight is 412 g/mol. The molecule has 0 atom stereocenters. The zero-order valence-corrected chi connectivity index (χ0v) is 15.9. The summed E-state index contributed by atoms with van der Waals surface area (Å²) >= 11 is 3.39. The molecule has 0 aliphatic rings. The third-order valence-corrected chi connectivity index (χ3v) is 4.31. The number of aryl methyl sites for hydroxylation is 1. The van der Waals surface area contributed by atoms with E-state index in [0.717, 1.165) is 15.6 Å². The second-order valence-corrected chi connectivity index (χ2v) is 6.78. The minimum atomic E-state index is -0.124. The fraction of sp³-hybridized carbons (Fsp3) is 0.150. The summed E-state index contributed by atoms with van der Waals surface area (Å²) in [6.07, 6.45) is 1.67. The van der Waals surface area contributed by atoms with Gasteiger partial charge in [-0.15, -0.1) is 6.58 Å². The predicted octanol–water partition coefficient (Wildman–Crippen LogP) is 4.64. The molecule has 0 aliphatic carbocycles. The number of amides is 1. The number of benzene rings is 2. The van der Waals surface area contributed by atoms with Crippen LogP contribution < -0.4 is 0 Å². The van der Waals surface area contributed by atoms with Gasteiger partial charge in [-0.2, -0.15) is 4.98 Å². The molecule has 0 spiro atoms. The molecule has 3 rings (SSSR count). The molecule has 0 saturated heterocycles. The van der Waals surface area contributed by atoms with E-state index in [2.05, 4.69) is 32.6 Å². The number of halogens is 1. The van der Waals surface area contributed by atoms with Crippen molar-refractivity contribution in [2.24, 2.45) is 0 Å². The summed E-state index contributed by atoms with van der Waals surface area (Å²) in [5.41, 5.74) is 2.62. The first-order valence-corrected chi connectivity index (χ1v) is 8.91. The molecule has 0 N–H and O–H groups in total. The Balaban J connectivity index is 1.79. The Morgan fingerprint density at radius 1 is 1.27 bits per heavy atom. The van der Waals surface area contributed by atoms with Gasteiger partial charge in [-0.1, -0.05) is 63.1 Å². The Kier molecular flexibility index (Phi) is 5.63. The lowest BCUT2D eigenvalue weighted by Crippen LogP contribution is -2.30. The van der Waals surface area contributed by atoms with Crippen LogP contribution in [0.5, 0.6) is 0 Å². The molecule has 2 aromatic carbocycles. The summed E-state index contributed by atoms with van der Waals surface area (Å²) in [5, 5.41) is 4.02.